The summed E-state index contributed by atoms with van der Waals surface area (Å²) in [6.45, 7) is 1.28. The summed E-state index contributed by atoms with van der Waals surface area (Å²) in [6, 6.07) is 9.74. The molecule has 1 aliphatic carbocycles. The average Bonchev–Trinajstić information content (AvgIpc) is 3.37. The van der Waals surface area contributed by atoms with Gasteiger partial charge in [-0.15, -0.1) is 0 Å². The zero-order valence-electron chi connectivity index (χ0n) is 19.3. The number of amides is 1. The van der Waals surface area contributed by atoms with Crippen LogP contribution in [0.1, 0.15) is 48.9 Å². The number of hydrogen-bond acceptors (Lipinski definition) is 7. The first-order valence-electron chi connectivity index (χ1n) is 11.7. The van der Waals surface area contributed by atoms with Crippen molar-refractivity contribution in [1.29, 1.82) is 0 Å². The maximum absolute atomic E-state index is 13.3. The van der Waals surface area contributed by atoms with E-state index in [1.807, 2.05) is 17.0 Å². The van der Waals surface area contributed by atoms with Crippen molar-refractivity contribution in [2.24, 2.45) is 4.99 Å². The summed E-state index contributed by atoms with van der Waals surface area (Å²) in [4.78, 5) is 24.6. The monoisotopic (exact) mass is 449 g/mol. The van der Waals surface area contributed by atoms with Gasteiger partial charge in [0.25, 0.3) is 5.91 Å². The number of methoxy groups -OCH3 is 2. The number of nitrogens with one attached hydrogen (secondary N) is 2. The molecule has 0 atom stereocenters. The Labute approximate surface area is 194 Å². The first-order chi connectivity index (χ1) is 16.1. The Kier molecular flexibility index (Phi) is 5.83. The Hall–Kier alpha value is -3.29. The van der Waals surface area contributed by atoms with Gasteiger partial charge in [-0.1, -0.05) is 12.8 Å². The number of carbonyl (C=O) groups excluding carboxylic acids is 1. The van der Waals surface area contributed by atoms with Crippen molar-refractivity contribution in [2.75, 3.05) is 32.6 Å². The number of hydrogen-bond donors (Lipinski definition) is 2. The Morgan fingerprint density at radius 2 is 1.88 bits per heavy atom. The predicted octanol–water partition coefficient (Wildman–Crippen LogP) is 3.76. The van der Waals surface area contributed by atoms with Crippen molar-refractivity contribution in [3.63, 3.8) is 0 Å². The van der Waals surface area contributed by atoms with Gasteiger partial charge >= 0.3 is 0 Å². The normalized spacial score (nSPS) is 19.5. The van der Waals surface area contributed by atoms with Gasteiger partial charge in [0.2, 0.25) is 0 Å². The second kappa shape index (κ2) is 8.92. The SMILES string of the molecule is COc1ccc(C(=O)N2CCC3(CC2)Nc2cccnc2N=C3NC2CCCC2)cc1OC. The first kappa shape index (κ1) is 21.6. The topological polar surface area (TPSA) is 88.1 Å². The molecule has 3 heterocycles. The van der Waals surface area contributed by atoms with Gasteiger partial charge in [-0.05, 0) is 56.0 Å². The standard InChI is InChI=1S/C25H31N5O3/c1-32-20-10-9-17(16-21(20)33-2)23(31)30-14-11-25(12-15-30)24(27-18-6-3-4-7-18)28-22-19(29-25)8-5-13-26-22/h5,8-10,13,16,18,29H,3-4,6-7,11-12,14-15H2,1-2H3,(H,26,27,28). The Morgan fingerprint density at radius 1 is 1.12 bits per heavy atom. The highest BCUT2D eigenvalue weighted by molar-refractivity contribution is 6.00. The largest absolute Gasteiger partial charge is 0.493 e. The first-order valence-corrected chi connectivity index (χ1v) is 11.7. The van der Waals surface area contributed by atoms with Crippen LogP contribution >= 0.6 is 0 Å². The van der Waals surface area contributed by atoms with E-state index in [2.05, 4.69) is 15.6 Å². The maximum Gasteiger partial charge on any atom is 0.253 e. The fourth-order valence-electron chi connectivity index (χ4n) is 5.15. The Morgan fingerprint density at radius 3 is 2.61 bits per heavy atom. The molecule has 2 aromatic rings. The Bertz CT molecular complexity index is 1060. The van der Waals surface area contributed by atoms with Crippen molar-refractivity contribution >= 4 is 23.2 Å². The quantitative estimate of drug-likeness (QED) is 0.739. The Balaban J connectivity index is 1.35. The van der Waals surface area contributed by atoms with Crippen LogP contribution in [0.25, 0.3) is 0 Å². The maximum atomic E-state index is 13.3. The van der Waals surface area contributed by atoms with Crippen LogP contribution in [0.2, 0.25) is 0 Å². The zero-order chi connectivity index (χ0) is 22.8. The third-order valence-corrected chi connectivity index (χ3v) is 7.06. The number of carbonyl (C=O) groups is 1. The van der Waals surface area contributed by atoms with Crippen LogP contribution < -0.4 is 20.1 Å². The number of likely N-dealkylation sites (tertiary alicyclic amines) is 1. The minimum Gasteiger partial charge on any atom is -0.493 e. The number of aliphatic imine (C=N–C) groups is 1. The molecular weight excluding hydrogens is 418 g/mol. The van der Waals surface area contributed by atoms with Gasteiger partial charge in [-0.2, -0.15) is 0 Å². The van der Waals surface area contributed by atoms with Gasteiger partial charge in [0.1, 0.15) is 5.84 Å². The van der Waals surface area contributed by atoms with Gasteiger partial charge in [0, 0.05) is 30.9 Å². The van der Waals surface area contributed by atoms with Crippen molar-refractivity contribution in [1.82, 2.24) is 15.2 Å². The molecule has 2 N–H and O–H groups in total. The van der Waals surface area contributed by atoms with Crippen LogP contribution in [0.4, 0.5) is 11.5 Å². The summed E-state index contributed by atoms with van der Waals surface area (Å²) in [7, 11) is 3.17. The van der Waals surface area contributed by atoms with Gasteiger partial charge in [0.15, 0.2) is 17.3 Å². The number of nitrogens with zero attached hydrogens (tertiary/aromatic N) is 3. The number of benzene rings is 1. The highest BCUT2D eigenvalue weighted by atomic mass is 16.5. The van der Waals surface area contributed by atoms with E-state index in [-0.39, 0.29) is 11.4 Å². The molecule has 1 aromatic carbocycles. The molecule has 1 aromatic heterocycles. The predicted molar refractivity (Wildman–Crippen MR) is 128 cm³/mol. The summed E-state index contributed by atoms with van der Waals surface area (Å²) in [5.41, 5.74) is 1.24. The highest BCUT2D eigenvalue weighted by Crippen LogP contribution is 2.38. The van der Waals surface area contributed by atoms with Crippen LogP contribution in [0, 0.1) is 0 Å². The molecule has 1 saturated carbocycles. The lowest BCUT2D eigenvalue weighted by Gasteiger charge is -2.46. The van der Waals surface area contributed by atoms with E-state index in [0.29, 0.717) is 36.2 Å². The summed E-state index contributed by atoms with van der Waals surface area (Å²) < 4.78 is 10.7. The summed E-state index contributed by atoms with van der Waals surface area (Å²) in [5.74, 6) is 2.88. The second-order valence-corrected chi connectivity index (χ2v) is 9.03. The molecule has 174 valence electrons. The smallest absolute Gasteiger partial charge is 0.253 e. The fraction of sp³-hybridized carbons (Fsp3) is 0.480. The van der Waals surface area contributed by atoms with Crippen molar-refractivity contribution in [3.8, 4) is 11.5 Å². The van der Waals surface area contributed by atoms with E-state index in [0.717, 1.165) is 30.2 Å². The average molecular weight is 450 g/mol. The number of rotatable bonds is 4. The molecule has 8 heteroatoms. The molecule has 33 heavy (non-hydrogen) atoms. The van der Waals surface area contributed by atoms with Crippen molar-refractivity contribution in [3.05, 3.63) is 42.1 Å². The number of ether oxygens (including phenoxy) is 2. The lowest BCUT2D eigenvalue weighted by atomic mass is 9.84. The van der Waals surface area contributed by atoms with Crippen LogP contribution in [0.15, 0.2) is 41.5 Å². The van der Waals surface area contributed by atoms with E-state index in [1.54, 1.807) is 38.6 Å². The number of pyridine rings is 1. The van der Waals surface area contributed by atoms with Crippen LogP contribution in [0.3, 0.4) is 0 Å². The number of aromatic nitrogens is 1. The summed E-state index contributed by atoms with van der Waals surface area (Å²) in [5, 5.41) is 7.48. The molecule has 1 saturated heterocycles. The fourth-order valence-corrected chi connectivity index (χ4v) is 5.15. The van der Waals surface area contributed by atoms with E-state index in [1.165, 1.54) is 25.7 Å². The third-order valence-electron chi connectivity index (χ3n) is 7.06. The van der Waals surface area contributed by atoms with E-state index in [9.17, 15) is 4.79 Å². The van der Waals surface area contributed by atoms with Crippen LogP contribution in [-0.2, 0) is 0 Å². The number of fused-ring (bicyclic) bond motifs is 1. The highest BCUT2D eigenvalue weighted by Gasteiger charge is 2.44. The zero-order valence-corrected chi connectivity index (χ0v) is 19.3. The van der Waals surface area contributed by atoms with E-state index in [4.69, 9.17) is 14.5 Å². The molecule has 0 radical (unpaired) electrons. The molecule has 0 bridgehead atoms. The van der Waals surface area contributed by atoms with Gasteiger partial charge < -0.3 is 25.0 Å². The van der Waals surface area contributed by atoms with Crippen molar-refractivity contribution in [2.45, 2.75) is 50.1 Å². The molecule has 1 spiro atoms. The minimum absolute atomic E-state index is 0.00548. The molecule has 2 aliphatic heterocycles. The summed E-state index contributed by atoms with van der Waals surface area (Å²) in [6.07, 6.45) is 8.20. The minimum atomic E-state index is -0.312. The van der Waals surface area contributed by atoms with Gasteiger partial charge in [-0.3, -0.25) is 4.79 Å². The molecule has 0 unspecified atom stereocenters. The molecule has 8 nitrogen and oxygen atoms in total. The number of piperidine rings is 1. The third kappa shape index (κ3) is 4.10. The molecule has 3 aliphatic rings. The molecular formula is C25H31N5O3. The lowest BCUT2D eigenvalue weighted by Crippen LogP contribution is -2.61. The van der Waals surface area contributed by atoms with Gasteiger partial charge in [0.05, 0.1) is 25.4 Å². The van der Waals surface area contributed by atoms with Gasteiger partial charge in [-0.25, -0.2) is 9.98 Å². The number of amidine groups is 1. The van der Waals surface area contributed by atoms with Crippen LogP contribution in [-0.4, -0.2) is 60.5 Å². The summed E-state index contributed by atoms with van der Waals surface area (Å²) >= 11 is 0. The lowest BCUT2D eigenvalue weighted by molar-refractivity contribution is 0.0703. The second-order valence-electron chi connectivity index (χ2n) is 9.03. The van der Waals surface area contributed by atoms with E-state index < -0.39 is 0 Å². The van der Waals surface area contributed by atoms with E-state index >= 15 is 0 Å². The molecule has 2 fully saturated rings. The van der Waals surface area contributed by atoms with Crippen molar-refractivity contribution < 1.29 is 14.3 Å². The number of anilines is 1. The molecule has 5 rings (SSSR count). The molecule has 1 amide bonds. The van der Waals surface area contributed by atoms with Crippen LogP contribution in [0.5, 0.6) is 11.5 Å².